The number of fused-ring (bicyclic) bond motifs is 3. The van der Waals surface area contributed by atoms with Gasteiger partial charge in [-0.05, 0) is 65.8 Å². The number of piperidine rings is 1. The molecule has 3 heterocycles. The number of cyclic esters (lactones) is 1. The van der Waals surface area contributed by atoms with Gasteiger partial charge in [-0.25, -0.2) is 0 Å². The Hall–Kier alpha value is -0.770. The van der Waals surface area contributed by atoms with Crippen LogP contribution < -0.4 is 5.32 Å². The Kier molecular flexibility index (Phi) is 8.98. The van der Waals surface area contributed by atoms with E-state index in [9.17, 15) is 15.0 Å². The number of nitrogens with one attached hydrogen (secondary N) is 1. The summed E-state index contributed by atoms with van der Waals surface area (Å²) in [6, 6.07) is -0.327. The molecule has 3 saturated heterocycles. The number of hydrogen-bond acceptors (Lipinski definition) is 8. The van der Waals surface area contributed by atoms with Gasteiger partial charge in [0.25, 0.3) is 0 Å². The lowest BCUT2D eigenvalue weighted by Crippen LogP contribution is -2.59. The number of hydrogen-bond donors (Lipinski definition) is 3. The van der Waals surface area contributed by atoms with Crippen LogP contribution in [-0.2, 0) is 19.0 Å². The van der Waals surface area contributed by atoms with Crippen LogP contribution in [0.4, 0.5) is 0 Å². The van der Waals surface area contributed by atoms with Crippen LogP contribution in [0.25, 0.3) is 0 Å². The van der Waals surface area contributed by atoms with Crippen LogP contribution in [0.1, 0.15) is 80.6 Å². The predicted octanol–water partition coefficient (Wildman–Crippen LogP) is 2.70. The maximum Gasteiger partial charge on any atom is 0.311 e. The summed E-state index contributed by atoms with van der Waals surface area (Å²) in [6.45, 7) is 16.2. The molecule has 3 fully saturated rings. The molecule has 3 rings (SSSR count). The van der Waals surface area contributed by atoms with Gasteiger partial charge in [-0.2, -0.15) is 0 Å². The van der Waals surface area contributed by atoms with E-state index < -0.39 is 41.1 Å². The molecule has 0 aromatic heterocycles. The molecule has 0 aliphatic carbocycles. The molecule has 0 amide bonds. The first-order valence-electron chi connectivity index (χ1n) is 13.6. The second-order valence-corrected chi connectivity index (χ2v) is 12.2. The Morgan fingerprint density at radius 2 is 1.77 bits per heavy atom. The van der Waals surface area contributed by atoms with Gasteiger partial charge >= 0.3 is 5.97 Å². The van der Waals surface area contributed by atoms with Crippen molar-refractivity contribution in [2.45, 2.75) is 122 Å². The van der Waals surface area contributed by atoms with Crippen molar-refractivity contribution in [1.29, 1.82) is 0 Å². The van der Waals surface area contributed by atoms with Gasteiger partial charge in [0.15, 0.2) is 5.79 Å². The van der Waals surface area contributed by atoms with Crippen LogP contribution in [0.2, 0.25) is 0 Å². The number of rotatable bonds is 1. The molecule has 3 N–H and O–H groups in total. The second kappa shape index (κ2) is 10.9. The molecule has 1 spiro atoms. The fourth-order valence-electron chi connectivity index (χ4n) is 6.40. The van der Waals surface area contributed by atoms with Crippen LogP contribution in [-0.4, -0.2) is 89.1 Å². The van der Waals surface area contributed by atoms with E-state index in [4.69, 9.17) is 14.2 Å². The van der Waals surface area contributed by atoms with Crippen molar-refractivity contribution in [3.05, 3.63) is 0 Å². The molecular weight excluding hydrogens is 448 g/mol. The third-order valence-corrected chi connectivity index (χ3v) is 9.09. The molecule has 0 aromatic rings. The minimum Gasteiger partial charge on any atom is -0.459 e. The minimum absolute atomic E-state index is 0.169. The molecule has 2 bridgehead atoms. The topological polar surface area (TPSA) is 100 Å². The highest BCUT2D eigenvalue weighted by Crippen LogP contribution is 2.45. The fourth-order valence-corrected chi connectivity index (χ4v) is 6.40. The third-order valence-electron chi connectivity index (χ3n) is 9.09. The second-order valence-electron chi connectivity index (χ2n) is 12.2. The van der Waals surface area contributed by atoms with E-state index in [0.717, 1.165) is 38.9 Å². The molecule has 8 nitrogen and oxygen atoms in total. The normalized spacial score (nSPS) is 46.5. The maximum atomic E-state index is 13.4. The van der Waals surface area contributed by atoms with Crippen molar-refractivity contribution in [1.82, 2.24) is 10.2 Å². The quantitative estimate of drug-likeness (QED) is 0.475. The molecule has 9 atom stereocenters. The standard InChI is InChI=1S/C27H50N2O6/c1-9-22-26(7,32)23(30)20(5)29(8)16-17(2)15-25(6)18(3)14-21(19(4)24(31)33-22)34-27(35-25)10-12-28-13-11-27/h17-23,28,30,32H,9-16H2,1-8H3/t17-,18-,19-,20-,21+,22-,23-,25?,26-/m1/s1. The van der Waals surface area contributed by atoms with Crippen molar-refractivity contribution in [3.8, 4) is 0 Å². The molecule has 3 aliphatic heterocycles. The molecule has 1 unspecified atom stereocenters. The molecule has 8 heteroatoms. The van der Waals surface area contributed by atoms with Crippen molar-refractivity contribution in [2.24, 2.45) is 17.8 Å². The number of carbonyl (C=O) groups excluding carboxylic acids is 1. The summed E-state index contributed by atoms with van der Waals surface area (Å²) in [5.41, 5.74) is -2.01. The highest BCUT2D eigenvalue weighted by atomic mass is 16.7. The monoisotopic (exact) mass is 498 g/mol. The maximum absolute atomic E-state index is 13.4. The Morgan fingerprint density at radius 3 is 2.37 bits per heavy atom. The van der Waals surface area contributed by atoms with E-state index in [1.165, 1.54) is 0 Å². The van der Waals surface area contributed by atoms with Gasteiger partial charge in [0.1, 0.15) is 17.8 Å². The minimum atomic E-state index is -1.59. The summed E-state index contributed by atoms with van der Waals surface area (Å²) in [5.74, 6) is -1.21. The lowest BCUT2D eigenvalue weighted by Gasteiger charge is -2.46. The van der Waals surface area contributed by atoms with E-state index >= 15 is 0 Å². The van der Waals surface area contributed by atoms with E-state index in [0.29, 0.717) is 12.8 Å². The summed E-state index contributed by atoms with van der Waals surface area (Å²) in [7, 11) is 1.97. The summed E-state index contributed by atoms with van der Waals surface area (Å²) >= 11 is 0. The predicted molar refractivity (Wildman–Crippen MR) is 135 cm³/mol. The third kappa shape index (κ3) is 6.04. The van der Waals surface area contributed by atoms with E-state index in [1.54, 1.807) is 6.92 Å². The number of aliphatic hydroxyl groups is 2. The number of ether oxygens (including phenoxy) is 3. The summed E-state index contributed by atoms with van der Waals surface area (Å²) < 4.78 is 19.6. The van der Waals surface area contributed by atoms with Crippen LogP contribution in [0, 0.1) is 17.8 Å². The van der Waals surface area contributed by atoms with Crippen molar-refractivity contribution in [3.63, 3.8) is 0 Å². The smallest absolute Gasteiger partial charge is 0.311 e. The average Bonchev–Trinajstić information content (AvgIpc) is 2.89. The van der Waals surface area contributed by atoms with Gasteiger partial charge in [-0.1, -0.05) is 20.8 Å². The van der Waals surface area contributed by atoms with Crippen LogP contribution in [0.3, 0.4) is 0 Å². The Balaban J connectivity index is 2.03. The molecule has 3 aliphatic rings. The Bertz CT molecular complexity index is 726. The SMILES string of the molecule is CC[C@H]1OC(=O)[C@H](C)[C@@H]2C[C@@H](C)C(C)(C[C@@H](C)CN(C)[C@H](C)[C@@H](O)[C@]1(C)O)OC1(CCNCC1)O2. The zero-order valence-corrected chi connectivity index (χ0v) is 23.2. The molecule has 0 saturated carbocycles. The van der Waals surface area contributed by atoms with Gasteiger partial charge in [-0.15, -0.1) is 0 Å². The lowest BCUT2D eigenvalue weighted by molar-refractivity contribution is -0.306. The lowest BCUT2D eigenvalue weighted by atomic mass is 9.78. The Labute approximate surface area is 212 Å². The largest absolute Gasteiger partial charge is 0.459 e. The van der Waals surface area contributed by atoms with Gasteiger partial charge in [0.2, 0.25) is 0 Å². The highest BCUT2D eigenvalue weighted by molar-refractivity contribution is 5.73. The molecule has 0 radical (unpaired) electrons. The fraction of sp³-hybridized carbons (Fsp3) is 0.963. The van der Waals surface area contributed by atoms with Crippen molar-refractivity contribution >= 4 is 5.97 Å². The zero-order valence-electron chi connectivity index (χ0n) is 23.2. The summed E-state index contributed by atoms with van der Waals surface area (Å²) in [4.78, 5) is 15.5. The van der Waals surface area contributed by atoms with Crippen molar-refractivity contribution in [2.75, 3.05) is 26.7 Å². The number of nitrogens with zero attached hydrogens (tertiary/aromatic N) is 1. The average molecular weight is 499 g/mol. The molecule has 0 aromatic carbocycles. The first-order valence-corrected chi connectivity index (χ1v) is 13.6. The van der Waals surface area contributed by atoms with Crippen molar-refractivity contribution < 1.29 is 29.2 Å². The molecule has 204 valence electrons. The van der Waals surface area contributed by atoms with Gasteiger partial charge < -0.3 is 34.6 Å². The molecular formula is C27H50N2O6. The van der Waals surface area contributed by atoms with Gasteiger partial charge in [0, 0.05) is 38.5 Å². The van der Waals surface area contributed by atoms with Crippen LogP contribution in [0.15, 0.2) is 0 Å². The van der Waals surface area contributed by atoms with E-state index in [1.807, 2.05) is 27.8 Å². The van der Waals surface area contributed by atoms with E-state index in [-0.39, 0.29) is 24.0 Å². The first kappa shape index (κ1) is 28.8. The number of aliphatic hydroxyl groups excluding tert-OH is 1. The number of likely N-dealkylation sites (N-methyl/N-ethyl adjacent to an activating group) is 1. The number of carbonyl (C=O) groups is 1. The first-order chi connectivity index (χ1) is 16.2. The molecule has 35 heavy (non-hydrogen) atoms. The summed E-state index contributed by atoms with van der Waals surface area (Å²) in [6.07, 6.45) is 1.12. The van der Waals surface area contributed by atoms with Gasteiger partial charge in [-0.3, -0.25) is 4.79 Å². The number of esters is 1. The Morgan fingerprint density at radius 1 is 1.14 bits per heavy atom. The van der Waals surface area contributed by atoms with Crippen LogP contribution in [0.5, 0.6) is 0 Å². The van der Waals surface area contributed by atoms with Crippen LogP contribution >= 0.6 is 0 Å². The highest BCUT2D eigenvalue weighted by Gasteiger charge is 2.52. The zero-order chi connectivity index (χ0) is 26.2. The van der Waals surface area contributed by atoms with Gasteiger partial charge in [0.05, 0.1) is 17.6 Å². The van der Waals surface area contributed by atoms with E-state index in [2.05, 4.69) is 31.0 Å². The summed E-state index contributed by atoms with van der Waals surface area (Å²) in [5, 5.41) is 25.9.